The van der Waals surface area contributed by atoms with Gasteiger partial charge in [-0.3, -0.25) is 0 Å². The number of fused-ring (bicyclic) bond motifs is 22. The molecule has 17 rings (SSSR count). The van der Waals surface area contributed by atoms with Crippen molar-refractivity contribution < 1.29 is 18.3 Å². The Morgan fingerprint density at radius 3 is 2.00 bits per heavy atom. The molecule has 0 saturated heterocycles. The van der Waals surface area contributed by atoms with Crippen LogP contribution >= 0.6 is 0 Å². The van der Waals surface area contributed by atoms with Crippen molar-refractivity contribution in [2.24, 2.45) is 10.8 Å². The molecular weight excluding hydrogens is 954 g/mol. The zero-order chi connectivity index (χ0) is 53.2. The number of furan rings is 2. The fourth-order valence-corrected chi connectivity index (χ4v) is 15.7. The third-order valence-electron chi connectivity index (χ3n) is 19.6. The molecule has 6 atom stereocenters. The van der Waals surface area contributed by atoms with Gasteiger partial charge in [0.15, 0.2) is 0 Å². The summed E-state index contributed by atoms with van der Waals surface area (Å²) in [6.07, 6.45) is 17.3. The number of hydrogen-bond donors (Lipinski definition) is 0. The van der Waals surface area contributed by atoms with Crippen LogP contribution in [0.5, 0.6) is 17.2 Å². The van der Waals surface area contributed by atoms with Gasteiger partial charge in [0.25, 0.3) is 6.71 Å². The standard InChI is InChI=1S/C70H64B2N2O4/c1-67(2,3)35-21-23-51-41(25-35)45-27-37(69(7,8)9)29-49-61(45)73(51)63-59-66(78-57-33-55-43(31-47(57)71(49)59)39-17-13-15-19-53(39)75-55)64-60-65(63)77-58-34-56-44(40-18-14-16-20-54(40)76-56)32-48(58)72(60)50-30-38(70(10,11)12)28-46-42-26-36(68(4,5)6)22-24-52(42)74(64)62(46)50/h13-34,41,46-47,51,57,62H,1-12H3. The highest BCUT2D eigenvalue weighted by Crippen LogP contribution is 2.63. The molecule has 6 unspecified atom stereocenters. The number of benzene rings is 6. The second kappa shape index (κ2) is 14.5. The molecule has 6 aliphatic heterocycles. The maximum Gasteiger partial charge on any atom is 0.252 e. The average molecular weight is 1020 g/mol. The fourth-order valence-electron chi connectivity index (χ4n) is 15.7. The van der Waals surface area contributed by atoms with Crippen molar-refractivity contribution >= 4 is 103 Å². The van der Waals surface area contributed by atoms with Crippen LogP contribution in [0.1, 0.15) is 117 Å². The molecule has 8 aromatic rings. The number of anilines is 4. The minimum absolute atomic E-state index is 0.000676. The topological polar surface area (TPSA) is 51.2 Å². The van der Waals surface area contributed by atoms with Gasteiger partial charge in [-0.05, 0) is 95.7 Å². The van der Waals surface area contributed by atoms with Crippen molar-refractivity contribution in [2.75, 3.05) is 9.80 Å². The lowest BCUT2D eigenvalue weighted by molar-refractivity contribution is 0.264. The van der Waals surface area contributed by atoms with E-state index >= 15 is 0 Å². The van der Waals surface area contributed by atoms with E-state index in [1.165, 1.54) is 72.1 Å². The summed E-state index contributed by atoms with van der Waals surface area (Å²) < 4.78 is 29.6. The van der Waals surface area contributed by atoms with E-state index in [-0.39, 0.29) is 70.9 Å². The first-order valence-corrected chi connectivity index (χ1v) is 28.7. The van der Waals surface area contributed by atoms with E-state index in [0.717, 1.165) is 72.2 Å². The van der Waals surface area contributed by atoms with Gasteiger partial charge in [0, 0.05) is 61.9 Å². The number of ether oxygens (including phenoxy) is 2. The normalized spacial score (nSPS) is 23.4. The minimum Gasteiger partial charge on any atom is -0.485 e. The summed E-state index contributed by atoms with van der Waals surface area (Å²) in [6.45, 7) is 28.2. The second-order valence-electron chi connectivity index (χ2n) is 28.3. The molecule has 6 aromatic carbocycles. The van der Waals surface area contributed by atoms with Crippen molar-refractivity contribution in [3.63, 3.8) is 0 Å². The van der Waals surface area contributed by atoms with Gasteiger partial charge in [0.1, 0.15) is 45.5 Å². The predicted molar refractivity (Wildman–Crippen MR) is 323 cm³/mol. The number of rotatable bonds is 0. The van der Waals surface area contributed by atoms with E-state index in [1.54, 1.807) is 0 Å². The molecule has 2 aromatic heterocycles. The van der Waals surface area contributed by atoms with Crippen LogP contribution in [0.3, 0.4) is 0 Å². The van der Waals surface area contributed by atoms with Crippen LogP contribution in [0.4, 0.5) is 22.7 Å². The molecule has 3 aliphatic carbocycles. The molecule has 384 valence electrons. The third-order valence-corrected chi connectivity index (χ3v) is 19.6. The van der Waals surface area contributed by atoms with Crippen molar-refractivity contribution in [3.8, 4) is 17.2 Å². The third kappa shape index (κ3) is 5.81. The van der Waals surface area contributed by atoms with E-state index in [4.69, 9.17) is 18.3 Å². The smallest absolute Gasteiger partial charge is 0.252 e. The molecule has 8 heteroatoms. The fraction of sp³-hybridized carbons (Fsp3) is 0.314. The molecule has 8 heterocycles. The Hall–Kier alpha value is -7.31. The van der Waals surface area contributed by atoms with Crippen LogP contribution in [0.2, 0.25) is 5.82 Å². The van der Waals surface area contributed by atoms with Crippen molar-refractivity contribution in [1.82, 2.24) is 0 Å². The lowest BCUT2D eigenvalue weighted by atomic mass is 9.28. The number of allylic oxidation sites excluding steroid dienone is 4. The molecule has 0 fully saturated rings. The van der Waals surface area contributed by atoms with Crippen LogP contribution < -0.4 is 51.8 Å². The Labute approximate surface area is 457 Å². The lowest BCUT2D eigenvalue weighted by Crippen LogP contribution is -2.64. The first-order valence-electron chi connectivity index (χ1n) is 28.7. The number of para-hydroxylation sites is 2. The number of hydrogen-bond acceptors (Lipinski definition) is 6. The molecule has 0 radical (unpaired) electrons. The highest BCUT2D eigenvalue weighted by Gasteiger charge is 2.61. The Morgan fingerprint density at radius 2 is 1.24 bits per heavy atom. The first kappa shape index (κ1) is 45.7. The van der Waals surface area contributed by atoms with Gasteiger partial charge in [0.05, 0.1) is 23.5 Å². The van der Waals surface area contributed by atoms with Crippen LogP contribution in [-0.2, 0) is 10.8 Å². The monoisotopic (exact) mass is 1020 g/mol. The highest BCUT2D eigenvalue weighted by atomic mass is 16.5. The van der Waals surface area contributed by atoms with Crippen LogP contribution in [0, 0.1) is 10.8 Å². The van der Waals surface area contributed by atoms with Gasteiger partial charge in [-0.15, -0.1) is 0 Å². The Morgan fingerprint density at radius 1 is 0.538 bits per heavy atom. The largest absolute Gasteiger partial charge is 0.485 e. The number of nitrogens with zero attached hydrogens (tertiary/aromatic N) is 2. The van der Waals surface area contributed by atoms with E-state index < -0.39 is 0 Å². The Balaban J connectivity index is 1.04. The van der Waals surface area contributed by atoms with Gasteiger partial charge in [-0.1, -0.05) is 192 Å². The average Bonchev–Trinajstić information content (AvgIpc) is 1.99. The quantitative estimate of drug-likeness (QED) is 0.141. The summed E-state index contributed by atoms with van der Waals surface area (Å²) in [4.78, 5) is 5.46. The van der Waals surface area contributed by atoms with Gasteiger partial charge in [-0.25, -0.2) is 0 Å². The summed E-state index contributed by atoms with van der Waals surface area (Å²) in [5.41, 5.74) is 22.8. The van der Waals surface area contributed by atoms with E-state index in [1.807, 2.05) is 0 Å². The molecule has 0 bridgehead atoms. The molecule has 0 spiro atoms. The summed E-state index contributed by atoms with van der Waals surface area (Å²) in [5, 5.41) is 4.53. The van der Waals surface area contributed by atoms with Crippen LogP contribution in [0.25, 0.3) is 45.1 Å². The highest BCUT2D eigenvalue weighted by molar-refractivity contribution is 6.96. The SMILES string of the molecule is CC(C)(C)C1=CC2c3cc(C(C)(C)C)cc4c3N(c3c5c6c(c7c3B4C3C=c4c(oc8ccccc48)=CC3O7)N3c4ccc(C(C)(C)C)cc4C4C=C(C(C)(C)C)C=C(B6c6cc7c(cc6O5)oc5ccccc57)C43)C2C=C1. The summed E-state index contributed by atoms with van der Waals surface area (Å²) in [7, 11) is 0. The maximum atomic E-state index is 8.08. The molecule has 9 aliphatic rings. The van der Waals surface area contributed by atoms with E-state index in [0.29, 0.717) is 0 Å². The zero-order valence-corrected chi connectivity index (χ0v) is 46.8. The van der Waals surface area contributed by atoms with E-state index in [9.17, 15) is 0 Å². The van der Waals surface area contributed by atoms with Gasteiger partial charge >= 0.3 is 0 Å². The van der Waals surface area contributed by atoms with Gasteiger partial charge in [0.2, 0.25) is 6.71 Å². The Bertz CT molecular complexity index is 4400. The lowest BCUT2D eigenvalue weighted by Gasteiger charge is -2.51. The Kier molecular flexibility index (Phi) is 8.48. The molecule has 78 heavy (non-hydrogen) atoms. The van der Waals surface area contributed by atoms with Gasteiger partial charge in [-0.2, -0.15) is 0 Å². The molecule has 0 amide bonds. The van der Waals surface area contributed by atoms with E-state index in [2.05, 4.69) is 226 Å². The van der Waals surface area contributed by atoms with Crippen LogP contribution in [-0.4, -0.2) is 31.6 Å². The molecule has 0 saturated carbocycles. The minimum atomic E-state index is -0.307. The molecule has 0 N–H and O–H groups in total. The maximum absolute atomic E-state index is 8.08. The molecular formula is C70H64B2N2O4. The summed E-state index contributed by atoms with van der Waals surface area (Å²) in [5.74, 6) is 2.96. The summed E-state index contributed by atoms with van der Waals surface area (Å²) in [6, 6.07) is 34.2. The molecule has 6 nitrogen and oxygen atoms in total. The van der Waals surface area contributed by atoms with Crippen molar-refractivity contribution in [2.45, 2.75) is 130 Å². The predicted octanol–water partition coefficient (Wildman–Crippen LogP) is 13.2. The first-order chi connectivity index (χ1) is 37.2. The zero-order valence-electron chi connectivity index (χ0n) is 46.8. The van der Waals surface area contributed by atoms with Crippen LogP contribution in [0.15, 0.2) is 147 Å². The van der Waals surface area contributed by atoms with Crippen molar-refractivity contribution in [1.29, 1.82) is 0 Å². The summed E-state index contributed by atoms with van der Waals surface area (Å²) >= 11 is 0. The van der Waals surface area contributed by atoms with Gasteiger partial charge < -0.3 is 28.1 Å². The second-order valence-corrected chi connectivity index (χ2v) is 28.3. The van der Waals surface area contributed by atoms with Crippen molar-refractivity contribution in [3.05, 3.63) is 171 Å².